The summed E-state index contributed by atoms with van der Waals surface area (Å²) in [6.45, 7) is 2.39. The summed E-state index contributed by atoms with van der Waals surface area (Å²) in [6, 6.07) is 9.12. The molecular weight excluding hydrogens is 272 g/mol. The smallest absolute Gasteiger partial charge is 0.267 e. The van der Waals surface area contributed by atoms with Crippen molar-refractivity contribution < 1.29 is 18.8 Å². The Morgan fingerprint density at radius 1 is 1.38 bits per heavy atom. The molecule has 21 heavy (non-hydrogen) atoms. The number of aryl methyl sites for hydroxylation is 1. The third-order valence-electron chi connectivity index (χ3n) is 3.24. The molecule has 110 valence electrons. The second kappa shape index (κ2) is 5.47. The number of para-hydroxylation sites is 2. The van der Waals surface area contributed by atoms with E-state index in [0.717, 1.165) is 5.76 Å². The predicted octanol–water partition coefficient (Wildman–Crippen LogP) is 1.78. The zero-order valence-electron chi connectivity index (χ0n) is 11.9. The van der Waals surface area contributed by atoms with Crippen molar-refractivity contribution in [2.75, 3.05) is 13.7 Å². The molecule has 1 unspecified atom stereocenters. The van der Waals surface area contributed by atoms with Crippen LogP contribution in [0.1, 0.15) is 11.5 Å². The molecule has 1 aliphatic heterocycles. The minimum absolute atomic E-state index is 0.148. The number of benzene rings is 1. The van der Waals surface area contributed by atoms with E-state index < -0.39 is 6.10 Å². The minimum Gasteiger partial charge on any atom is -0.485 e. The van der Waals surface area contributed by atoms with Gasteiger partial charge in [-0.2, -0.15) is 0 Å². The summed E-state index contributed by atoms with van der Waals surface area (Å²) in [5.41, 5.74) is 0.709. The molecule has 0 aliphatic carbocycles. The fourth-order valence-corrected chi connectivity index (χ4v) is 2.20. The molecule has 2 aromatic rings. The van der Waals surface area contributed by atoms with Gasteiger partial charge in [-0.3, -0.25) is 4.79 Å². The van der Waals surface area contributed by atoms with Crippen LogP contribution in [-0.2, 0) is 11.3 Å². The lowest BCUT2D eigenvalue weighted by molar-refractivity contribution is -0.140. The second-order valence-electron chi connectivity index (χ2n) is 4.99. The number of aromatic nitrogens is 1. The number of amides is 1. The monoisotopic (exact) mass is 288 g/mol. The average Bonchev–Trinajstić information content (AvgIpc) is 2.91. The van der Waals surface area contributed by atoms with Gasteiger partial charge >= 0.3 is 0 Å². The van der Waals surface area contributed by atoms with Crippen LogP contribution in [0.3, 0.4) is 0 Å². The molecule has 0 spiro atoms. The fourth-order valence-electron chi connectivity index (χ4n) is 2.20. The van der Waals surface area contributed by atoms with Gasteiger partial charge in [-0.1, -0.05) is 17.3 Å². The topological polar surface area (TPSA) is 64.8 Å². The maximum absolute atomic E-state index is 12.4. The van der Waals surface area contributed by atoms with Crippen molar-refractivity contribution in [2.45, 2.75) is 19.6 Å². The van der Waals surface area contributed by atoms with E-state index in [-0.39, 0.29) is 12.5 Å². The molecule has 1 amide bonds. The molecule has 2 heterocycles. The van der Waals surface area contributed by atoms with Gasteiger partial charge < -0.3 is 18.9 Å². The van der Waals surface area contributed by atoms with Crippen LogP contribution in [0.4, 0.5) is 0 Å². The van der Waals surface area contributed by atoms with E-state index in [0.29, 0.717) is 23.7 Å². The molecule has 0 fully saturated rings. The molecule has 1 aromatic heterocycles. The van der Waals surface area contributed by atoms with Crippen LogP contribution < -0.4 is 9.47 Å². The highest BCUT2D eigenvalue weighted by Crippen LogP contribution is 2.31. The van der Waals surface area contributed by atoms with Crippen molar-refractivity contribution in [3.05, 3.63) is 41.8 Å². The number of carbonyl (C=O) groups is 1. The molecule has 1 aliphatic rings. The average molecular weight is 288 g/mol. The summed E-state index contributed by atoms with van der Waals surface area (Å²) in [6.07, 6.45) is -0.641. The Morgan fingerprint density at radius 3 is 2.86 bits per heavy atom. The second-order valence-corrected chi connectivity index (χ2v) is 4.99. The van der Waals surface area contributed by atoms with E-state index in [9.17, 15) is 4.79 Å². The maximum atomic E-state index is 12.4. The van der Waals surface area contributed by atoms with E-state index >= 15 is 0 Å². The first-order valence-corrected chi connectivity index (χ1v) is 6.69. The number of likely N-dealkylation sites (N-methyl/N-ethyl adjacent to an activating group) is 1. The van der Waals surface area contributed by atoms with Crippen LogP contribution in [0.5, 0.6) is 11.5 Å². The van der Waals surface area contributed by atoms with Gasteiger partial charge in [-0.25, -0.2) is 0 Å². The standard InChI is InChI=1S/C15H16N2O4/c1-10-7-11(16-21-10)8-17(2)15(18)14-9-19-12-5-3-4-6-13(12)20-14/h3-7,14H,8-9H2,1-2H3. The number of nitrogens with zero attached hydrogens (tertiary/aromatic N) is 2. The van der Waals surface area contributed by atoms with Crippen molar-refractivity contribution in [3.8, 4) is 11.5 Å². The van der Waals surface area contributed by atoms with E-state index in [1.165, 1.54) is 0 Å². The van der Waals surface area contributed by atoms with Gasteiger partial charge in [-0.15, -0.1) is 0 Å². The number of ether oxygens (including phenoxy) is 2. The minimum atomic E-state index is -0.641. The Kier molecular flexibility index (Phi) is 3.51. The van der Waals surface area contributed by atoms with Gasteiger partial charge in [0.25, 0.3) is 5.91 Å². The molecule has 0 N–H and O–H groups in total. The molecule has 6 nitrogen and oxygen atoms in total. The first kappa shape index (κ1) is 13.5. The summed E-state index contributed by atoms with van der Waals surface area (Å²) in [4.78, 5) is 13.9. The number of hydrogen-bond donors (Lipinski definition) is 0. The van der Waals surface area contributed by atoms with Gasteiger partial charge in [0.15, 0.2) is 11.5 Å². The highest BCUT2D eigenvalue weighted by atomic mass is 16.6. The molecule has 1 atom stereocenters. The highest BCUT2D eigenvalue weighted by Gasteiger charge is 2.29. The number of rotatable bonds is 3. The van der Waals surface area contributed by atoms with Crippen LogP contribution in [0.2, 0.25) is 0 Å². The zero-order valence-corrected chi connectivity index (χ0v) is 11.9. The van der Waals surface area contributed by atoms with Crippen LogP contribution >= 0.6 is 0 Å². The van der Waals surface area contributed by atoms with Gasteiger partial charge in [-0.05, 0) is 19.1 Å². The van der Waals surface area contributed by atoms with Crippen molar-refractivity contribution in [3.63, 3.8) is 0 Å². The number of carbonyl (C=O) groups excluding carboxylic acids is 1. The molecular formula is C15H16N2O4. The maximum Gasteiger partial charge on any atom is 0.267 e. The summed E-state index contributed by atoms with van der Waals surface area (Å²) in [7, 11) is 1.70. The lowest BCUT2D eigenvalue weighted by Gasteiger charge is -2.28. The van der Waals surface area contributed by atoms with Crippen molar-refractivity contribution in [2.24, 2.45) is 0 Å². The van der Waals surface area contributed by atoms with E-state index in [4.69, 9.17) is 14.0 Å². The van der Waals surface area contributed by atoms with E-state index in [1.807, 2.05) is 25.1 Å². The summed E-state index contributed by atoms with van der Waals surface area (Å²) in [5.74, 6) is 1.83. The Labute approximate surface area is 122 Å². The molecule has 0 bridgehead atoms. The van der Waals surface area contributed by atoms with Crippen LogP contribution in [0, 0.1) is 6.92 Å². The Balaban J connectivity index is 1.66. The van der Waals surface area contributed by atoms with Gasteiger partial charge in [0.05, 0.1) is 6.54 Å². The van der Waals surface area contributed by atoms with Crippen LogP contribution in [0.15, 0.2) is 34.9 Å². The number of fused-ring (bicyclic) bond motifs is 1. The molecule has 3 rings (SSSR count). The van der Waals surface area contributed by atoms with E-state index in [2.05, 4.69) is 5.16 Å². The van der Waals surface area contributed by atoms with E-state index in [1.54, 1.807) is 24.1 Å². The van der Waals surface area contributed by atoms with Crippen molar-refractivity contribution in [1.29, 1.82) is 0 Å². The normalized spacial score (nSPS) is 16.6. The van der Waals surface area contributed by atoms with Gasteiger partial charge in [0, 0.05) is 13.1 Å². The quantitative estimate of drug-likeness (QED) is 0.861. The van der Waals surface area contributed by atoms with Gasteiger partial charge in [0.2, 0.25) is 6.10 Å². The van der Waals surface area contributed by atoms with Crippen LogP contribution in [-0.4, -0.2) is 35.7 Å². The Morgan fingerprint density at radius 2 is 2.14 bits per heavy atom. The first-order valence-electron chi connectivity index (χ1n) is 6.69. The molecule has 1 aromatic carbocycles. The molecule has 6 heteroatoms. The predicted molar refractivity (Wildman–Crippen MR) is 74.1 cm³/mol. The third-order valence-corrected chi connectivity index (χ3v) is 3.24. The fraction of sp³-hybridized carbons (Fsp3) is 0.333. The third kappa shape index (κ3) is 2.84. The molecule has 0 saturated heterocycles. The van der Waals surface area contributed by atoms with Crippen molar-refractivity contribution in [1.82, 2.24) is 10.1 Å². The zero-order chi connectivity index (χ0) is 14.8. The molecule has 0 saturated carbocycles. The lowest BCUT2D eigenvalue weighted by Crippen LogP contribution is -2.44. The summed E-state index contributed by atoms with van der Waals surface area (Å²) in [5, 5.41) is 3.88. The Hall–Kier alpha value is -2.50. The number of hydrogen-bond acceptors (Lipinski definition) is 5. The first-order chi connectivity index (χ1) is 10.1. The largest absolute Gasteiger partial charge is 0.485 e. The highest BCUT2D eigenvalue weighted by molar-refractivity contribution is 5.81. The van der Waals surface area contributed by atoms with Gasteiger partial charge in [0.1, 0.15) is 18.1 Å². The van der Waals surface area contributed by atoms with Crippen LogP contribution in [0.25, 0.3) is 0 Å². The Bertz CT molecular complexity index is 653. The lowest BCUT2D eigenvalue weighted by atomic mass is 10.2. The van der Waals surface area contributed by atoms with Crippen molar-refractivity contribution >= 4 is 5.91 Å². The summed E-state index contributed by atoms with van der Waals surface area (Å²) < 4.78 is 16.2. The molecule has 0 radical (unpaired) electrons. The SMILES string of the molecule is Cc1cc(CN(C)C(=O)C2COc3ccccc3O2)no1. The summed E-state index contributed by atoms with van der Waals surface area (Å²) >= 11 is 0.